The molecule has 1 aromatic carbocycles. The molecular weight excluding hydrogens is 533 g/mol. The second-order valence-corrected chi connectivity index (χ2v) is 7.50. The lowest BCUT2D eigenvalue weighted by atomic mass is 10.2. The van der Waals surface area contributed by atoms with Gasteiger partial charge in [0.2, 0.25) is 0 Å². The molecule has 1 saturated heterocycles. The quantitative estimate of drug-likeness (QED) is 0.259. The third kappa shape index (κ3) is 6.69. The number of nitrogens with one attached hydrogen (secondary N) is 1. The molecule has 0 unspecified atom stereocenters. The molecule has 0 atom stereocenters. The van der Waals surface area contributed by atoms with E-state index in [2.05, 4.69) is 25.1 Å². The van der Waals surface area contributed by atoms with Crippen LogP contribution in [-0.2, 0) is 12.6 Å². The third-order valence-corrected chi connectivity index (χ3v) is 5.44. The molecule has 0 radical (unpaired) electrons. The third-order valence-electron chi connectivity index (χ3n) is 4.54. The molecule has 1 fully saturated rings. The van der Waals surface area contributed by atoms with Crippen LogP contribution in [0, 0.1) is 5.82 Å². The second kappa shape index (κ2) is 11.1. The summed E-state index contributed by atoms with van der Waals surface area (Å²) >= 11 is 1.01. The Morgan fingerprint density at radius 1 is 1.17 bits per heavy atom. The van der Waals surface area contributed by atoms with Crippen molar-refractivity contribution in [2.75, 3.05) is 44.2 Å². The van der Waals surface area contributed by atoms with Gasteiger partial charge < -0.3 is 15.1 Å². The number of benzene rings is 1. The Kier molecular flexibility index (Phi) is 9.13. The summed E-state index contributed by atoms with van der Waals surface area (Å²) in [6.45, 7) is 6.09. The van der Waals surface area contributed by atoms with Gasteiger partial charge in [0.05, 0.1) is 5.01 Å². The van der Waals surface area contributed by atoms with Crippen molar-refractivity contribution in [3.8, 4) is 0 Å². The van der Waals surface area contributed by atoms with Crippen LogP contribution in [0.5, 0.6) is 0 Å². The van der Waals surface area contributed by atoms with Gasteiger partial charge in [0.15, 0.2) is 11.7 Å². The number of hydrogen-bond acceptors (Lipinski definition) is 4. The number of hydrogen-bond donors (Lipinski definition) is 1. The second-order valence-electron chi connectivity index (χ2n) is 6.56. The lowest BCUT2D eigenvalue weighted by Crippen LogP contribution is -2.52. The maximum Gasteiger partial charge on any atom is 0.434 e. The number of anilines is 1. The smallest absolute Gasteiger partial charge is 0.368 e. The topological polar surface area (TPSA) is 43.8 Å². The number of nitrogens with zero attached hydrogens (tertiary/aromatic N) is 4. The molecule has 2 heterocycles. The van der Waals surface area contributed by atoms with Crippen molar-refractivity contribution in [2.45, 2.75) is 19.5 Å². The van der Waals surface area contributed by atoms with Gasteiger partial charge in [-0.1, -0.05) is 0 Å². The Bertz CT molecular complexity index is 817. The van der Waals surface area contributed by atoms with Gasteiger partial charge in [-0.25, -0.2) is 9.37 Å². The monoisotopic (exact) mass is 557 g/mol. The fraction of sp³-hybridized carbons (Fsp3) is 0.474. The summed E-state index contributed by atoms with van der Waals surface area (Å²) in [6, 6.07) is 6.45. The highest BCUT2D eigenvalue weighted by atomic mass is 127. The summed E-state index contributed by atoms with van der Waals surface area (Å²) in [5.41, 5.74) is 0.141. The Labute approximate surface area is 194 Å². The normalized spacial score (nSPS) is 15.2. The molecule has 0 bridgehead atoms. The van der Waals surface area contributed by atoms with Crippen LogP contribution < -0.4 is 10.2 Å². The molecule has 0 amide bonds. The molecule has 0 saturated carbocycles. The van der Waals surface area contributed by atoms with Gasteiger partial charge in [-0.15, -0.1) is 35.3 Å². The Morgan fingerprint density at radius 2 is 1.83 bits per heavy atom. The van der Waals surface area contributed by atoms with E-state index in [4.69, 9.17) is 0 Å². The lowest BCUT2D eigenvalue weighted by molar-refractivity contribution is -0.140. The largest absolute Gasteiger partial charge is 0.434 e. The summed E-state index contributed by atoms with van der Waals surface area (Å²) in [7, 11) is 0. The molecule has 30 heavy (non-hydrogen) atoms. The van der Waals surface area contributed by atoms with Crippen molar-refractivity contribution in [3.05, 3.63) is 46.2 Å². The average Bonchev–Trinajstić information content (AvgIpc) is 3.18. The molecule has 1 aromatic heterocycles. The van der Waals surface area contributed by atoms with Crippen LogP contribution in [0.4, 0.5) is 23.2 Å². The van der Waals surface area contributed by atoms with Crippen LogP contribution in [0.15, 0.2) is 34.6 Å². The van der Waals surface area contributed by atoms with E-state index in [9.17, 15) is 17.6 Å². The minimum Gasteiger partial charge on any atom is -0.368 e. The van der Waals surface area contributed by atoms with Crippen LogP contribution >= 0.6 is 35.3 Å². The molecule has 1 aliphatic rings. The molecule has 1 aliphatic heterocycles. The number of thiazole rings is 1. The number of guanidine groups is 1. The molecular formula is C19H24F4IN5S. The zero-order valence-electron chi connectivity index (χ0n) is 16.5. The standard InChI is InChI=1S/C19H23F4N5S.HI/c1-2-24-18(25-8-7-17-26-16(13-29-17)19(21,22)23)28-11-9-27(10-12-28)15-5-3-14(20)4-6-15;/h3-6,13H,2,7-12H2,1H3,(H,24,25);1H. The first-order chi connectivity index (χ1) is 13.9. The van der Waals surface area contributed by atoms with Gasteiger partial charge in [-0.3, -0.25) is 4.99 Å². The number of piperazine rings is 1. The van der Waals surface area contributed by atoms with Gasteiger partial charge in [0.25, 0.3) is 0 Å². The first kappa shape index (κ1) is 24.6. The maximum absolute atomic E-state index is 13.1. The number of rotatable bonds is 5. The summed E-state index contributed by atoms with van der Waals surface area (Å²) in [5, 5.41) is 4.71. The van der Waals surface area contributed by atoms with Gasteiger partial charge in [0, 0.05) is 56.8 Å². The minimum atomic E-state index is -4.41. The van der Waals surface area contributed by atoms with E-state index in [-0.39, 0.29) is 29.8 Å². The predicted octanol–water partition coefficient (Wildman–Crippen LogP) is 4.25. The van der Waals surface area contributed by atoms with Gasteiger partial charge in [-0.2, -0.15) is 13.2 Å². The predicted molar refractivity (Wildman–Crippen MR) is 122 cm³/mol. The fourth-order valence-electron chi connectivity index (χ4n) is 3.07. The summed E-state index contributed by atoms with van der Waals surface area (Å²) in [6.07, 6.45) is -4.04. The fourth-order valence-corrected chi connectivity index (χ4v) is 3.86. The average molecular weight is 557 g/mol. The van der Waals surface area contributed by atoms with Crippen molar-refractivity contribution in [1.82, 2.24) is 15.2 Å². The Morgan fingerprint density at radius 3 is 2.40 bits per heavy atom. The van der Waals surface area contributed by atoms with E-state index < -0.39 is 11.9 Å². The van der Waals surface area contributed by atoms with Crippen molar-refractivity contribution in [3.63, 3.8) is 0 Å². The Hall–Kier alpha value is -1.63. The number of halogens is 5. The van der Waals surface area contributed by atoms with Crippen LogP contribution in [-0.4, -0.2) is 55.1 Å². The summed E-state index contributed by atoms with van der Waals surface area (Å²) in [5.74, 6) is 0.496. The van der Waals surface area contributed by atoms with Gasteiger partial charge in [0.1, 0.15) is 5.82 Å². The first-order valence-corrected chi connectivity index (χ1v) is 10.3. The van der Waals surface area contributed by atoms with E-state index in [0.717, 1.165) is 54.5 Å². The summed E-state index contributed by atoms with van der Waals surface area (Å²) < 4.78 is 51.0. The molecule has 1 N–H and O–H groups in total. The van der Waals surface area contributed by atoms with E-state index in [1.807, 2.05) is 6.92 Å². The SMILES string of the molecule is CCNC(=NCCc1nc(C(F)(F)F)cs1)N1CCN(c2ccc(F)cc2)CC1.I. The number of aliphatic imine (C=N–C) groups is 1. The van der Waals surface area contributed by atoms with Crippen molar-refractivity contribution in [1.29, 1.82) is 0 Å². The zero-order chi connectivity index (χ0) is 20.9. The molecule has 11 heteroatoms. The van der Waals surface area contributed by atoms with E-state index in [1.165, 1.54) is 12.1 Å². The maximum atomic E-state index is 13.1. The van der Waals surface area contributed by atoms with Gasteiger partial charge >= 0.3 is 6.18 Å². The van der Waals surface area contributed by atoms with E-state index in [1.54, 1.807) is 12.1 Å². The van der Waals surface area contributed by atoms with E-state index in [0.29, 0.717) is 24.5 Å². The van der Waals surface area contributed by atoms with Crippen LogP contribution in [0.25, 0.3) is 0 Å². The highest BCUT2D eigenvalue weighted by molar-refractivity contribution is 14.0. The van der Waals surface area contributed by atoms with Crippen molar-refractivity contribution >= 4 is 47.0 Å². The van der Waals surface area contributed by atoms with Crippen molar-refractivity contribution < 1.29 is 17.6 Å². The molecule has 5 nitrogen and oxygen atoms in total. The van der Waals surface area contributed by atoms with Crippen LogP contribution in [0.2, 0.25) is 0 Å². The number of aromatic nitrogens is 1. The molecule has 3 rings (SSSR count). The van der Waals surface area contributed by atoms with Crippen molar-refractivity contribution in [2.24, 2.45) is 4.99 Å². The van der Waals surface area contributed by atoms with Crippen LogP contribution in [0.1, 0.15) is 17.6 Å². The number of alkyl halides is 3. The van der Waals surface area contributed by atoms with Gasteiger partial charge in [-0.05, 0) is 31.2 Å². The Balaban J connectivity index is 0.00000320. The molecule has 0 aliphatic carbocycles. The van der Waals surface area contributed by atoms with Crippen LogP contribution in [0.3, 0.4) is 0 Å². The first-order valence-electron chi connectivity index (χ1n) is 9.42. The summed E-state index contributed by atoms with van der Waals surface area (Å²) in [4.78, 5) is 12.5. The highest BCUT2D eigenvalue weighted by Crippen LogP contribution is 2.30. The van der Waals surface area contributed by atoms with E-state index >= 15 is 0 Å². The molecule has 0 spiro atoms. The highest BCUT2D eigenvalue weighted by Gasteiger charge is 2.33. The lowest BCUT2D eigenvalue weighted by Gasteiger charge is -2.37. The minimum absolute atomic E-state index is 0. The molecule has 166 valence electrons. The molecule has 2 aromatic rings. The zero-order valence-corrected chi connectivity index (χ0v) is 19.6.